The van der Waals surface area contributed by atoms with E-state index in [1.165, 1.54) is 30.4 Å². The smallest absolute Gasteiger partial charge is 0.225 e. The first-order valence-corrected chi connectivity index (χ1v) is 7.76. The summed E-state index contributed by atoms with van der Waals surface area (Å²) in [5, 5.41) is 3.45. The molecule has 3 heteroatoms. The lowest BCUT2D eigenvalue weighted by Crippen LogP contribution is -2.48. The fraction of sp³-hybridized carbons (Fsp3) is 0.588. The lowest BCUT2D eigenvalue weighted by atomic mass is 9.79. The van der Waals surface area contributed by atoms with Gasteiger partial charge >= 0.3 is 0 Å². The molecule has 0 atom stereocenters. The van der Waals surface area contributed by atoms with Crippen molar-refractivity contribution in [1.82, 2.24) is 10.2 Å². The van der Waals surface area contributed by atoms with E-state index >= 15 is 0 Å². The molecule has 3 rings (SSSR count). The van der Waals surface area contributed by atoms with Gasteiger partial charge < -0.3 is 10.2 Å². The molecule has 1 saturated carbocycles. The molecule has 108 valence electrons. The van der Waals surface area contributed by atoms with Crippen LogP contribution in [0, 0.1) is 0 Å². The number of carbonyl (C=O) groups is 1. The molecule has 1 amide bonds. The van der Waals surface area contributed by atoms with E-state index in [1.807, 2.05) is 11.9 Å². The van der Waals surface area contributed by atoms with E-state index in [0.717, 1.165) is 25.9 Å². The minimum absolute atomic E-state index is 0.0457. The summed E-state index contributed by atoms with van der Waals surface area (Å²) in [6.07, 6.45) is 6.72. The average Bonchev–Trinajstić information content (AvgIpc) is 2.92. The summed E-state index contributed by atoms with van der Waals surface area (Å²) in [4.78, 5) is 14.6. The Hall–Kier alpha value is -1.35. The van der Waals surface area contributed by atoms with Crippen LogP contribution >= 0.6 is 0 Å². The Kier molecular flexibility index (Phi) is 3.79. The second-order valence-corrected chi connectivity index (χ2v) is 6.29. The van der Waals surface area contributed by atoms with Crippen LogP contribution in [0.25, 0.3) is 0 Å². The summed E-state index contributed by atoms with van der Waals surface area (Å²) in [7, 11) is 2.01. The summed E-state index contributed by atoms with van der Waals surface area (Å²) in [5.74, 6) is 0.303. The maximum absolute atomic E-state index is 12.6. The molecule has 1 aromatic rings. The molecule has 0 radical (unpaired) electrons. The quantitative estimate of drug-likeness (QED) is 0.917. The lowest BCUT2D eigenvalue weighted by molar-refractivity contribution is -0.133. The average molecular weight is 272 g/mol. The number of nitrogens with zero attached hydrogens (tertiary/aromatic N) is 1. The van der Waals surface area contributed by atoms with Gasteiger partial charge in [-0.15, -0.1) is 0 Å². The van der Waals surface area contributed by atoms with Crippen molar-refractivity contribution in [3.63, 3.8) is 0 Å². The molecule has 0 unspecified atom stereocenters. The van der Waals surface area contributed by atoms with Crippen LogP contribution in [0.5, 0.6) is 0 Å². The van der Waals surface area contributed by atoms with E-state index in [1.54, 1.807) is 0 Å². The third-order valence-corrected chi connectivity index (χ3v) is 5.02. The number of hydrogen-bond acceptors (Lipinski definition) is 2. The van der Waals surface area contributed by atoms with Gasteiger partial charge in [-0.25, -0.2) is 0 Å². The molecule has 1 aliphatic carbocycles. The van der Waals surface area contributed by atoms with Crippen molar-refractivity contribution >= 4 is 5.91 Å². The topological polar surface area (TPSA) is 32.3 Å². The molecule has 0 bridgehead atoms. The first kappa shape index (κ1) is 13.6. The van der Waals surface area contributed by atoms with Crippen LogP contribution < -0.4 is 5.32 Å². The van der Waals surface area contributed by atoms with Gasteiger partial charge in [0.25, 0.3) is 0 Å². The molecular formula is C17H24N2O. The molecule has 1 fully saturated rings. The molecule has 0 aromatic heterocycles. The minimum atomic E-state index is 0.0457. The number of nitrogens with one attached hydrogen (secondary N) is 1. The Morgan fingerprint density at radius 1 is 1.15 bits per heavy atom. The summed E-state index contributed by atoms with van der Waals surface area (Å²) >= 11 is 0. The van der Waals surface area contributed by atoms with Crippen molar-refractivity contribution < 1.29 is 4.79 Å². The zero-order valence-corrected chi connectivity index (χ0v) is 12.3. The van der Waals surface area contributed by atoms with Crippen LogP contribution in [-0.2, 0) is 17.9 Å². The zero-order chi connectivity index (χ0) is 14.0. The van der Waals surface area contributed by atoms with Gasteiger partial charge in [-0.2, -0.15) is 0 Å². The van der Waals surface area contributed by atoms with Crippen molar-refractivity contribution in [2.75, 3.05) is 7.05 Å². The largest absolute Gasteiger partial charge is 0.334 e. The molecule has 2 aliphatic rings. The molecule has 1 aliphatic heterocycles. The highest BCUT2D eigenvalue weighted by molar-refractivity contribution is 5.78. The van der Waals surface area contributed by atoms with Crippen LogP contribution in [0.2, 0.25) is 0 Å². The Labute approximate surface area is 121 Å². The van der Waals surface area contributed by atoms with Gasteiger partial charge in [-0.1, -0.05) is 43.5 Å². The molecule has 1 aromatic carbocycles. The van der Waals surface area contributed by atoms with Crippen molar-refractivity contribution in [2.45, 2.75) is 57.2 Å². The number of hydrogen-bond donors (Lipinski definition) is 1. The van der Waals surface area contributed by atoms with Crippen LogP contribution in [0.4, 0.5) is 0 Å². The highest BCUT2D eigenvalue weighted by Crippen LogP contribution is 2.32. The number of rotatable bonds is 3. The maximum Gasteiger partial charge on any atom is 0.225 e. The summed E-state index contributed by atoms with van der Waals surface area (Å²) in [5.41, 5.74) is 2.66. The van der Waals surface area contributed by atoms with Gasteiger partial charge in [0.1, 0.15) is 0 Å². The van der Waals surface area contributed by atoms with E-state index < -0.39 is 0 Å². The van der Waals surface area contributed by atoms with Gasteiger partial charge in [0.15, 0.2) is 0 Å². The van der Waals surface area contributed by atoms with Crippen LogP contribution in [0.1, 0.15) is 49.7 Å². The predicted molar refractivity (Wildman–Crippen MR) is 80.2 cm³/mol. The number of fused-ring (bicyclic) bond motifs is 1. The second kappa shape index (κ2) is 5.57. The number of amides is 1. The van der Waals surface area contributed by atoms with Gasteiger partial charge in [-0.3, -0.25) is 4.79 Å². The SMILES string of the molecule is CNC1(CC(=O)N2Cc3ccccc3C2)CCCCC1. The van der Waals surface area contributed by atoms with E-state index in [9.17, 15) is 4.79 Å². The zero-order valence-electron chi connectivity index (χ0n) is 12.3. The summed E-state index contributed by atoms with van der Waals surface area (Å²) < 4.78 is 0. The molecule has 0 saturated heterocycles. The Morgan fingerprint density at radius 2 is 1.75 bits per heavy atom. The van der Waals surface area contributed by atoms with Crippen molar-refractivity contribution in [2.24, 2.45) is 0 Å². The normalized spacial score (nSPS) is 20.8. The van der Waals surface area contributed by atoms with Gasteiger partial charge in [0, 0.05) is 25.0 Å². The van der Waals surface area contributed by atoms with Crippen LogP contribution in [-0.4, -0.2) is 23.4 Å². The summed E-state index contributed by atoms with van der Waals surface area (Å²) in [6.45, 7) is 1.57. The minimum Gasteiger partial charge on any atom is -0.334 e. The fourth-order valence-electron chi connectivity index (χ4n) is 3.65. The van der Waals surface area contributed by atoms with Crippen LogP contribution in [0.15, 0.2) is 24.3 Å². The molecule has 1 heterocycles. The monoisotopic (exact) mass is 272 g/mol. The van der Waals surface area contributed by atoms with E-state index in [0.29, 0.717) is 12.3 Å². The predicted octanol–water partition coefficient (Wildman–Crippen LogP) is 2.84. The van der Waals surface area contributed by atoms with Crippen molar-refractivity contribution in [1.29, 1.82) is 0 Å². The molecule has 0 spiro atoms. The first-order valence-electron chi connectivity index (χ1n) is 7.76. The van der Waals surface area contributed by atoms with Gasteiger partial charge in [0.05, 0.1) is 0 Å². The van der Waals surface area contributed by atoms with E-state index in [4.69, 9.17) is 0 Å². The van der Waals surface area contributed by atoms with Crippen LogP contribution in [0.3, 0.4) is 0 Å². The van der Waals surface area contributed by atoms with E-state index in [2.05, 4.69) is 29.6 Å². The van der Waals surface area contributed by atoms with E-state index in [-0.39, 0.29) is 5.54 Å². The highest BCUT2D eigenvalue weighted by atomic mass is 16.2. The van der Waals surface area contributed by atoms with Gasteiger partial charge in [-0.05, 0) is 31.0 Å². The Balaban J connectivity index is 1.66. The molecular weight excluding hydrogens is 248 g/mol. The molecule has 3 nitrogen and oxygen atoms in total. The third kappa shape index (κ3) is 2.59. The number of carbonyl (C=O) groups excluding carboxylic acids is 1. The number of benzene rings is 1. The third-order valence-electron chi connectivity index (χ3n) is 5.02. The lowest BCUT2D eigenvalue weighted by Gasteiger charge is -2.37. The molecule has 1 N–H and O–H groups in total. The highest BCUT2D eigenvalue weighted by Gasteiger charge is 2.35. The maximum atomic E-state index is 12.6. The summed E-state index contributed by atoms with van der Waals surface area (Å²) in [6, 6.07) is 8.39. The fourth-order valence-corrected chi connectivity index (χ4v) is 3.65. The van der Waals surface area contributed by atoms with Gasteiger partial charge in [0.2, 0.25) is 5.91 Å². The second-order valence-electron chi connectivity index (χ2n) is 6.29. The standard InChI is InChI=1S/C17H24N2O/c1-18-17(9-5-2-6-10-17)11-16(20)19-12-14-7-3-4-8-15(14)13-19/h3-4,7-8,18H,2,5-6,9-13H2,1H3. The Morgan fingerprint density at radius 3 is 2.30 bits per heavy atom. The molecule has 20 heavy (non-hydrogen) atoms. The van der Waals surface area contributed by atoms with Crippen molar-refractivity contribution in [3.05, 3.63) is 35.4 Å². The Bertz CT molecular complexity index is 467. The first-order chi connectivity index (χ1) is 9.72. The van der Waals surface area contributed by atoms with Crippen molar-refractivity contribution in [3.8, 4) is 0 Å².